The summed E-state index contributed by atoms with van der Waals surface area (Å²) in [6.45, 7) is 7.29. The lowest BCUT2D eigenvalue weighted by atomic mass is 9.99. The van der Waals surface area contributed by atoms with Crippen molar-refractivity contribution in [2.24, 2.45) is 0 Å². The Morgan fingerprint density at radius 2 is 1.80 bits per heavy atom. The number of carbonyl (C=O) groups is 1. The van der Waals surface area contributed by atoms with E-state index < -0.39 is 0 Å². The number of anilines is 2. The highest BCUT2D eigenvalue weighted by atomic mass is 35.5. The van der Waals surface area contributed by atoms with Gasteiger partial charge >= 0.3 is 0 Å². The summed E-state index contributed by atoms with van der Waals surface area (Å²) in [7, 11) is 0. The molecule has 35 heavy (non-hydrogen) atoms. The molecule has 0 aliphatic carbocycles. The van der Waals surface area contributed by atoms with Crippen LogP contribution in [0.15, 0.2) is 79.0 Å². The highest BCUT2D eigenvalue weighted by Crippen LogP contribution is 2.39. The first-order valence-corrected chi connectivity index (χ1v) is 12.2. The SMILES string of the molecule is CCN(CC)Cc1ccc(NC(=C2C(=O)Nc3cc(Cl)ccc32)c2ccc3cccnc3c2)cc1. The van der Waals surface area contributed by atoms with E-state index in [1.165, 1.54) is 5.56 Å². The minimum Gasteiger partial charge on any atom is -0.354 e. The van der Waals surface area contributed by atoms with Crippen molar-refractivity contribution < 1.29 is 4.79 Å². The van der Waals surface area contributed by atoms with Crippen LogP contribution in [0.25, 0.3) is 22.2 Å². The van der Waals surface area contributed by atoms with Crippen molar-refractivity contribution in [2.75, 3.05) is 23.7 Å². The van der Waals surface area contributed by atoms with Gasteiger partial charge in [0.05, 0.1) is 22.5 Å². The molecule has 0 atom stereocenters. The van der Waals surface area contributed by atoms with E-state index in [-0.39, 0.29) is 5.91 Å². The minimum atomic E-state index is -0.163. The van der Waals surface area contributed by atoms with Gasteiger partial charge in [0, 0.05) is 40.0 Å². The molecule has 5 nitrogen and oxygen atoms in total. The topological polar surface area (TPSA) is 57.3 Å². The molecule has 2 heterocycles. The minimum absolute atomic E-state index is 0.163. The molecule has 5 rings (SSSR count). The monoisotopic (exact) mass is 482 g/mol. The molecule has 3 aromatic carbocycles. The summed E-state index contributed by atoms with van der Waals surface area (Å²) in [6.07, 6.45) is 1.78. The molecular weight excluding hydrogens is 456 g/mol. The predicted octanol–water partition coefficient (Wildman–Crippen LogP) is 6.66. The van der Waals surface area contributed by atoms with Gasteiger partial charge in [0.25, 0.3) is 5.91 Å². The summed E-state index contributed by atoms with van der Waals surface area (Å²) in [4.78, 5) is 20.1. The number of benzene rings is 3. The van der Waals surface area contributed by atoms with Crippen LogP contribution in [0.1, 0.15) is 30.5 Å². The second-order valence-corrected chi connectivity index (χ2v) is 9.02. The number of hydrogen-bond donors (Lipinski definition) is 2. The van der Waals surface area contributed by atoms with E-state index >= 15 is 0 Å². The molecule has 1 aromatic heterocycles. The van der Waals surface area contributed by atoms with Crippen LogP contribution in [0.2, 0.25) is 5.02 Å². The van der Waals surface area contributed by atoms with E-state index in [1.54, 1.807) is 12.3 Å². The van der Waals surface area contributed by atoms with Gasteiger partial charge < -0.3 is 10.6 Å². The van der Waals surface area contributed by atoms with Gasteiger partial charge in [-0.25, -0.2) is 0 Å². The Hall–Kier alpha value is -3.67. The standard InChI is InChI=1S/C29H27ClN4O/c1-3-34(4-2)18-19-7-12-23(13-8-19)32-28(21-10-9-20-6-5-15-31-25(20)16-21)27-24-14-11-22(30)17-26(24)33-29(27)35/h5-17,32H,3-4,18H2,1-2H3,(H,33,35). The van der Waals surface area contributed by atoms with E-state index in [1.807, 2.05) is 42.5 Å². The Kier molecular flexibility index (Phi) is 6.53. The molecule has 0 bridgehead atoms. The summed E-state index contributed by atoms with van der Waals surface area (Å²) in [6, 6.07) is 23.9. The second-order valence-electron chi connectivity index (χ2n) is 8.59. The Morgan fingerprint density at radius 1 is 1.00 bits per heavy atom. The number of halogens is 1. The maximum atomic E-state index is 13.2. The fourth-order valence-corrected chi connectivity index (χ4v) is 4.61. The predicted molar refractivity (Wildman–Crippen MR) is 145 cm³/mol. The average molecular weight is 483 g/mol. The zero-order chi connectivity index (χ0) is 24.4. The zero-order valence-corrected chi connectivity index (χ0v) is 20.6. The third-order valence-corrected chi connectivity index (χ3v) is 6.63. The molecule has 0 saturated carbocycles. The van der Waals surface area contributed by atoms with Crippen LogP contribution < -0.4 is 10.6 Å². The van der Waals surface area contributed by atoms with Crippen molar-refractivity contribution in [3.8, 4) is 0 Å². The lowest BCUT2D eigenvalue weighted by Gasteiger charge is -2.19. The maximum absolute atomic E-state index is 13.2. The molecule has 0 fully saturated rings. The molecule has 176 valence electrons. The molecule has 6 heteroatoms. The Labute approximate surface area is 210 Å². The molecule has 1 aliphatic heterocycles. The van der Waals surface area contributed by atoms with Crippen LogP contribution in [0.3, 0.4) is 0 Å². The number of fused-ring (bicyclic) bond motifs is 2. The van der Waals surface area contributed by atoms with E-state index in [9.17, 15) is 4.79 Å². The van der Waals surface area contributed by atoms with Crippen LogP contribution in [-0.4, -0.2) is 28.9 Å². The van der Waals surface area contributed by atoms with Crippen LogP contribution in [0.4, 0.5) is 11.4 Å². The van der Waals surface area contributed by atoms with Crippen molar-refractivity contribution in [2.45, 2.75) is 20.4 Å². The van der Waals surface area contributed by atoms with Crippen molar-refractivity contribution in [3.05, 3.63) is 101 Å². The first kappa shape index (κ1) is 23.1. The quantitative estimate of drug-likeness (QED) is 0.289. The molecule has 1 amide bonds. The largest absolute Gasteiger partial charge is 0.354 e. The molecular formula is C29H27ClN4O. The van der Waals surface area contributed by atoms with Crippen molar-refractivity contribution in [3.63, 3.8) is 0 Å². The zero-order valence-electron chi connectivity index (χ0n) is 19.8. The highest BCUT2D eigenvalue weighted by molar-refractivity contribution is 6.38. The number of amides is 1. The lowest BCUT2D eigenvalue weighted by molar-refractivity contribution is -0.110. The number of aromatic nitrogens is 1. The Bertz CT molecular complexity index is 1420. The van der Waals surface area contributed by atoms with E-state index in [0.29, 0.717) is 16.3 Å². The van der Waals surface area contributed by atoms with Crippen LogP contribution >= 0.6 is 11.6 Å². The van der Waals surface area contributed by atoms with Gasteiger partial charge in [0.2, 0.25) is 0 Å². The number of nitrogens with one attached hydrogen (secondary N) is 2. The summed E-state index contributed by atoms with van der Waals surface area (Å²) in [5.74, 6) is -0.163. The van der Waals surface area contributed by atoms with Gasteiger partial charge in [0.1, 0.15) is 0 Å². The molecule has 0 unspecified atom stereocenters. The summed E-state index contributed by atoms with van der Waals surface area (Å²) in [5.41, 5.74) is 6.76. The van der Waals surface area contributed by atoms with E-state index in [2.05, 4.69) is 58.6 Å². The van der Waals surface area contributed by atoms with Gasteiger partial charge in [0.15, 0.2) is 0 Å². The Balaban J connectivity index is 1.59. The van der Waals surface area contributed by atoms with Gasteiger partial charge in [-0.3, -0.25) is 14.7 Å². The molecule has 2 N–H and O–H groups in total. The van der Waals surface area contributed by atoms with Gasteiger partial charge in [-0.05, 0) is 55.1 Å². The van der Waals surface area contributed by atoms with Gasteiger partial charge in [-0.1, -0.05) is 61.8 Å². The van der Waals surface area contributed by atoms with E-state index in [0.717, 1.165) is 53.0 Å². The fraction of sp³-hybridized carbons (Fsp3) is 0.172. The number of carbonyl (C=O) groups excluding carboxylic acids is 1. The number of nitrogens with zero attached hydrogens (tertiary/aromatic N) is 2. The van der Waals surface area contributed by atoms with Crippen molar-refractivity contribution >= 4 is 51.1 Å². The lowest BCUT2D eigenvalue weighted by Crippen LogP contribution is -2.22. The maximum Gasteiger partial charge on any atom is 0.258 e. The molecule has 4 aromatic rings. The molecule has 0 radical (unpaired) electrons. The summed E-state index contributed by atoms with van der Waals surface area (Å²) in [5, 5.41) is 8.13. The first-order chi connectivity index (χ1) is 17.1. The van der Waals surface area contributed by atoms with Crippen molar-refractivity contribution in [1.82, 2.24) is 9.88 Å². The molecule has 0 spiro atoms. The summed E-state index contributed by atoms with van der Waals surface area (Å²) >= 11 is 6.19. The third-order valence-electron chi connectivity index (χ3n) is 6.39. The smallest absolute Gasteiger partial charge is 0.258 e. The van der Waals surface area contributed by atoms with Crippen LogP contribution in [-0.2, 0) is 11.3 Å². The number of pyridine rings is 1. The molecule has 1 aliphatic rings. The van der Waals surface area contributed by atoms with E-state index in [4.69, 9.17) is 11.6 Å². The van der Waals surface area contributed by atoms with Crippen molar-refractivity contribution in [1.29, 1.82) is 0 Å². The Morgan fingerprint density at radius 3 is 2.57 bits per heavy atom. The number of rotatable bonds is 7. The summed E-state index contributed by atoms with van der Waals surface area (Å²) < 4.78 is 0. The average Bonchev–Trinajstić information content (AvgIpc) is 3.20. The van der Waals surface area contributed by atoms with Crippen LogP contribution in [0, 0.1) is 0 Å². The third kappa shape index (κ3) is 4.78. The van der Waals surface area contributed by atoms with Gasteiger partial charge in [-0.2, -0.15) is 0 Å². The van der Waals surface area contributed by atoms with Gasteiger partial charge in [-0.15, -0.1) is 0 Å². The number of hydrogen-bond acceptors (Lipinski definition) is 4. The normalized spacial score (nSPS) is 14.2. The first-order valence-electron chi connectivity index (χ1n) is 11.8. The molecule has 0 saturated heterocycles. The highest BCUT2D eigenvalue weighted by Gasteiger charge is 2.28. The van der Waals surface area contributed by atoms with Crippen LogP contribution in [0.5, 0.6) is 0 Å². The second kappa shape index (κ2) is 9.90. The fourth-order valence-electron chi connectivity index (χ4n) is 4.44.